The van der Waals surface area contributed by atoms with Gasteiger partial charge in [0, 0.05) is 23.5 Å². The highest BCUT2D eigenvalue weighted by Crippen LogP contribution is 2.24. The molecule has 2 aromatic carbocycles. The van der Waals surface area contributed by atoms with Crippen molar-refractivity contribution in [2.75, 3.05) is 17.2 Å². The van der Waals surface area contributed by atoms with Gasteiger partial charge in [0.25, 0.3) is 5.91 Å². The number of hydrogen-bond acceptors (Lipinski definition) is 7. The van der Waals surface area contributed by atoms with Gasteiger partial charge in [0.2, 0.25) is 5.95 Å². The predicted octanol–water partition coefficient (Wildman–Crippen LogP) is 2.82. The molecule has 1 aliphatic heterocycles. The average molecular weight is 406 g/mol. The third kappa shape index (κ3) is 3.34. The molecule has 9 nitrogen and oxygen atoms in total. The lowest BCUT2D eigenvalue weighted by Crippen LogP contribution is -2.31. The van der Waals surface area contributed by atoms with E-state index in [1.54, 1.807) is 30.3 Å². The number of nitrogens with zero attached hydrogens (tertiary/aromatic N) is 2. The molecule has 5 rings (SSSR count). The van der Waals surface area contributed by atoms with Crippen LogP contribution in [0, 0.1) is 5.82 Å². The van der Waals surface area contributed by atoms with Crippen molar-refractivity contribution in [3.05, 3.63) is 70.1 Å². The molecule has 0 fully saturated rings. The van der Waals surface area contributed by atoms with E-state index in [9.17, 15) is 14.0 Å². The molecule has 0 radical (unpaired) electrons. The zero-order valence-electron chi connectivity index (χ0n) is 15.5. The smallest absolute Gasteiger partial charge is 0.408 e. The third-order valence-corrected chi connectivity index (χ3v) is 4.71. The van der Waals surface area contributed by atoms with Crippen LogP contribution >= 0.6 is 0 Å². The standard InChI is InChI=1S/C20H15FN6O3/c21-14-9-23-19(25-11-1-3-13-10(7-11)5-6-22-18(13)28)27-17(14)24-12-2-4-16-15(8-12)26-20(29)30-16/h1-4,7-9H,5-6H2,(H,22,28)(H,26,29)(H2,23,24,25,27). The van der Waals surface area contributed by atoms with Crippen LogP contribution in [0.1, 0.15) is 15.9 Å². The Balaban J connectivity index is 1.40. The van der Waals surface area contributed by atoms with E-state index in [2.05, 4.69) is 30.9 Å². The summed E-state index contributed by atoms with van der Waals surface area (Å²) in [6.07, 6.45) is 1.79. The molecule has 1 aliphatic rings. The number of halogens is 1. The van der Waals surface area contributed by atoms with E-state index in [1.807, 2.05) is 6.07 Å². The van der Waals surface area contributed by atoms with Crippen LogP contribution in [0.3, 0.4) is 0 Å². The van der Waals surface area contributed by atoms with Crippen molar-refractivity contribution in [1.82, 2.24) is 20.3 Å². The molecule has 0 aliphatic carbocycles. The SMILES string of the molecule is O=C1NCCc2cc(Nc3ncc(F)c(Nc4ccc5oc(=O)[nH]c5c4)n3)ccc21. The highest BCUT2D eigenvalue weighted by Gasteiger charge is 2.17. The Bertz CT molecular complexity index is 1350. The maximum Gasteiger partial charge on any atom is 0.417 e. The topological polar surface area (TPSA) is 125 Å². The molecule has 1 amide bonds. The molecule has 10 heteroatoms. The quantitative estimate of drug-likeness (QED) is 0.411. The molecule has 0 saturated carbocycles. The minimum atomic E-state index is -0.636. The van der Waals surface area contributed by atoms with Gasteiger partial charge in [0.15, 0.2) is 17.2 Å². The molecule has 30 heavy (non-hydrogen) atoms. The first kappa shape index (κ1) is 17.9. The predicted molar refractivity (Wildman–Crippen MR) is 108 cm³/mol. The first-order valence-corrected chi connectivity index (χ1v) is 9.16. The molecule has 4 aromatic rings. The first-order valence-electron chi connectivity index (χ1n) is 9.16. The van der Waals surface area contributed by atoms with Crippen LogP contribution in [0.2, 0.25) is 0 Å². The maximum atomic E-state index is 14.2. The summed E-state index contributed by atoms with van der Waals surface area (Å²) in [7, 11) is 0. The van der Waals surface area contributed by atoms with Crippen molar-refractivity contribution in [3.8, 4) is 0 Å². The van der Waals surface area contributed by atoms with E-state index < -0.39 is 11.6 Å². The van der Waals surface area contributed by atoms with Crippen LogP contribution in [-0.2, 0) is 6.42 Å². The molecule has 3 heterocycles. The Kier molecular flexibility index (Phi) is 4.16. The lowest BCUT2D eigenvalue weighted by Gasteiger charge is -2.17. The van der Waals surface area contributed by atoms with E-state index in [1.165, 1.54) is 0 Å². The molecular formula is C20H15FN6O3. The summed E-state index contributed by atoms with van der Waals surface area (Å²) in [5.74, 6) is -1.14. The number of rotatable bonds is 4. The summed E-state index contributed by atoms with van der Waals surface area (Å²) in [5, 5.41) is 8.70. The largest absolute Gasteiger partial charge is 0.417 e. The summed E-state index contributed by atoms with van der Waals surface area (Å²) in [4.78, 5) is 33.9. The van der Waals surface area contributed by atoms with Crippen molar-refractivity contribution in [3.63, 3.8) is 0 Å². The van der Waals surface area contributed by atoms with Gasteiger partial charge in [-0.2, -0.15) is 4.98 Å². The monoisotopic (exact) mass is 406 g/mol. The fraction of sp³-hybridized carbons (Fsp3) is 0.100. The Morgan fingerprint density at radius 3 is 2.80 bits per heavy atom. The summed E-state index contributed by atoms with van der Waals surface area (Å²) >= 11 is 0. The van der Waals surface area contributed by atoms with E-state index >= 15 is 0 Å². The lowest BCUT2D eigenvalue weighted by molar-refractivity contribution is 0.0946. The minimum Gasteiger partial charge on any atom is -0.408 e. The van der Waals surface area contributed by atoms with Crippen molar-refractivity contribution in [1.29, 1.82) is 0 Å². The second kappa shape index (κ2) is 6.99. The van der Waals surface area contributed by atoms with Gasteiger partial charge in [-0.25, -0.2) is 14.2 Å². The number of H-pyrrole nitrogens is 1. The molecule has 0 spiro atoms. The summed E-state index contributed by atoms with van der Waals surface area (Å²) in [6, 6.07) is 10.2. The maximum absolute atomic E-state index is 14.2. The van der Waals surface area contributed by atoms with Crippen LogP contribution < -0.4 is 21.7 Å². The third-order valence-electron chi connectivity index (χ3n) is 4.71. The molecule has 0 saturated heterocycles. The molecule has 0 unspecified atom stereocenters. The van der Waals surface area contributed by atoms with Crippen LogP contribution in [0.4, 0.5) is 27.5 Å². The highest BCUT2D eigenvalue weighted by molar-refractivity contribution is 5.97. The number of amides is 1. The van der Waals surface area contributed by atoms with Crippen molar-refractivity contribution in [2.24, 2.45) is 0 Å². The molecule has 2 aromatic heterocycles. The fourth-order valence-electron chi connectivity index (χ4n) is 3.32. The van der Waals surface area contributed by atoms with Gasteiger partial charge in [-0.05, 0) is 48.4 Å². The summed E-state index contributed by atoms with van der Waals surface area (Å²) in [5.41, 5.74) is 3.66. The van der Waals surface area contributed by atoms with E-state index in [0.717, 1.165) is 18.2 Å². The number of carbonyl (C=O) groups excluding carboxylic acids is 1. The molecule has 0 atom stereocenters. The number of benzene rings is 2. The van der Waals surface area contributed by atoms with E-state index in [-0.39, 0.29) is 17.7 Å². The molecule has 150 valence electrons. The Morgan fingerprint density at radius 2 is 1.90 bits per heavy atom. The van der Waals surface area contributed by atoms with Crippen molar-refractivity contribution < 1.29 is 13.6 Å². The minimum absolute atomic E-state index is 0.0324. The second-order valence-electron chi connectivity index (χ2n) is 6.74. The number of fused-ring (bicyclic) bond motifs is 2. The Hall–Kier alpha value is -4.21. The second-order valence-corrected chi connectivity index (χ2v) is 6.74. The number of aromatic amines is 1. The Labute approximate surface area is 168 Å². The zero-order valence-corrected chi connectivity index (χ0v) is 15.5. The van der Waals surface area contributed by atoms with E-state index in [4.69, 9.17) is 4.42 Å². The lowest BCUT2D eigenvalue weighted by atomic mass is 10.00. The first-order chi connectivity index (χ1) is 14.5. The number of aromatic nitrogens is 3. The molecular weight excluding hydrogens is 391 g/mol. The summed E-state index contributed by atoms with van der Waals surface area (Å²) in [6.45, 7) is 0.586. The Morgan fingerprint density at radius 1 is 1.07 bits per heavy atom. The number of hydrogen-bond donors (Lipinski definition) is 4. The fourth-order valence-corrected chi connectivity index (χ4v) is 3.32. The van der Waals surface area contributed by atoms with Gasteiger partial charge < -0.3 is 20.4 Å². The average Bonchev–Trinajstić information content (AvgIpc) is 3.10. The number of carbonyl (C=O) groups is 1. The van der Waals surface area contributed by atoms with Crippen molar-refractivity contribution >= 4 is 40.1 Å². The van der Waals surface area contributed by atoms with E-state index in [0.29, 0.717) is 34.6 Å². The van der Waals surface area contributed by atoms with Gasteiger partial charge in [-0.1, -0.05) is 0 Å². The van der Waals surface area contributed by atoms with Gasteiger partial charge >= 0.3 is 5.76 Å². The van der Waals surface area contributed by atoms with Crippen LogP contribution in [-0.4, -0.2) is 27.4 Å². The zero-order chi connectivity index (χ0) is 20.7. The van der Waals surface area contributed by atoms with Gasteiger partial charge in [0.1, 0.15) is 0 Å². The normalized spacial score (nSPS) is 13.0. The van der Waals surface area contributed by atoms with Crippen LogP contribution in [0.25, 0.3) is 11.1 Å². The van der Waals surface area contributed by atoms with Crippen molar-refractivity contribution in [2.45, 2.75) is 6.42 Å². The molecule has 0 bridgehead atoms. The van der Waals surface area contributed by atoms with Gasteiger partial charge in [-0.3, -0.25) is 9.78 Å². The molecule has 4 N–H and O–H groups in total. The number of nitrogens with one attached hydrogen (secondary N) is 4. The van der Waals surface area contributed by atoms with Gasteiger partial charge in [-0.15, -0.1) is 0 Å². The highest BCUT2D eigenvalue weighted by atomic mass is 19.1. The summed E-state index contributed by atoms with van der Waals surface area (Å²) < 4.78 is 19.2. The van der Waals surface area contributed by atoms with Gasteiger partial charge in [0.05, 0.1) is 11.7 Å². The van der Waals surface area contributed by atoms with Crippen LogP contribution in [0.15, 0.2) is 51.8 Å². The van der Waals surface area contributed by atoms with Crippen LogP contribution in [0.5, 0.6) is 0 Å². The number of oxazole rings is 1. The number of anilines is 4.